The summed E-state index contributed by atoms with van der Waals surface area (Å²) in [7, 11) is -3.12. The average Bonchev–Trinajstić information content (AvgIpc) is 3.24. The Labute approximate surface area is 150 Å². The summed E-state index contributed by atoms with van der Waals surface area (Å²) in [6, 6.07) is 9.29. The molecule has 1 aromatic carbocycles. The molecule has 8 heteroatoms. The highest BCUT2D eigenvalue weighted by Crippen LogP contribution is 2.20. The van der Waals surface area contributed by atoms with Crippen molar-refractivity contribution in [3.05, 3.63) is 52.5 Å². The van der Waals surface area contributed by atoms with Gasteiger partial charge in [0.05, 0.1) is 17.5 Å². The molecule has 6 nitrogen and oxygen atoms in total. The van der Waals surface area contributed by atoms with E-state index in [4.69, 9.17) is 4.52 Å². The molecule has 2 heterocycles. The van der Waals surface area contributed by atoms with Gasteiger partial charge in [0.2, 0.25) is 11.7 Å². The molecule has 2 aromatic heterocycles. The van der Waals surface area contributed by atoms with Crippen LogP contribution in [0.2, 0.25) is 0 Å². The van der Waals surface area contributed by atoms with Crippen LogP contribution < -0.4 is 5.32 Å². The van der Waals surface area contributed by atoms with E-state index in [9.17, 15) is 8.42 Å². The van der Waals surface area contributed by atoms with Crippen LogP contribution in [-0.4, -0.2) is 23.8 Å². The molecular formula is C17H19N3O3S2. The normalized spacial score (nSPS) is 11.8. The van der Waals surface area contributed by atoms with E-state index in [1.54, 1.807) is 25.2 Å². The maximum absolute atomic E-state index is 12.1. The van der Waals surface area contributed by atoms with Gasteiger partial charge >= 0.3 is 0 Å². The van der Waals surface area contributed by atoms with E-state index >= 15 is 0 Å². The number of anilines is 1. The van der Waals surface area contributed by atoms with Crippen molar-refractivity contribution in [3.8, 4) is 11.4 Å². The number of benzene rings is 1. The van der Waals surface area contributed by atoms with E-state index in [2.05, 4.69) is 15.5 Å². The minimum atomic E-state index is -3.12. The molecule has 132 valence electrons. The van der Waals surface area contributed by atoms with Gasteiger partial charge in [-0.15, -0.1) is 0 Å². The van der Waals surface area contributed by atoms with Crippen LogP contribution in [0.5, 0.6) is 0 Å². The zero-order valence-corrected chi connectivity index (χ0v) is 15.6. The molecule has 25 heavy (non-hydrogen) atoms. The highest BCUT2D eigenvalue weighted by Gasteiger charge is 2.17. The first-order valence-electron chi connectivity index (χ1n) is 7.83. The van der Waals surface area contributed by atoms with Gasteiger partial charge in [-0.2, -0.15) is 16.3 Å². The van der Waals surface area contributed by atoms with Gasteiger partial charge in [-0.3, -0.25) is 0 Å². The fraction of sp³-hybridized carbons (Fsp3) is 0.294. The standard InChI is InChI=1S/C17H19N3O3S2/c1-12(2)25(21,22)11-13-4-3-5-15(8-13)18-9-16-19-17(20-23-16)14-6-7-24-10-14/h3-8,10,12,18H,9,11H2,1-2H3. The predicted octanol–water partition coefficient (Wildman–Crippen LogP) is 3.73. The van der Waals surface area contributed by atoms with Crippen LogP contribution in [0.1, 0.15) is 25.3 Å². The zero-order valence-electron chi connectivity index (χ0n) is 14.0. The smallest absolute Gasteiger partial charge is 0.246 e. The van der Waals surface area contributed by atoms with E-state index in [0.717, 1.165) is 16.8 Å². The summed E-state index contributed by atoms with van der Waals surface area (Å²) >= 11 is 1.58. The van der Waals surface area contributed by atoms with Crippen molar-refractivity contribution in [2.75, 3.05) is 5.32 Å². The lowest BCUT2D eigenvalue weighted by Crippen LogP contribution is -2.16. The number of nitrogens with one attached hydrogen (secondary N) is 1. The third kappa shape index (κ3) is 4.46. The van der Waals surface area contributed by atoms with Gasteiger partial charge < -0.3 is 9.84 Å². The second kappa shape index (κ2) is 7.37. The van der Waals surface area contributed by atoms with Crippen LogP contribution in [-0.2, 0) is 22.1 Å². The van der Waals surface area contributed by atoms with E-state index in [-0.39, 0.29) is 5.75 Å². The van der Waals surface area contributed by atoms with Gasteiger partial charge in [0, 0.05) is 16.6 Å². The number of nitrogens with zero attached hydrogens (tertiary/aromatic N) is 2. The molecule has 0 radical (unpaired) electrons. The minimum Gasteiger partial charge on any atom is -0.376 e. The molecule has 0 saturated heterocycles. The monoisotopic (exact) mass is 377 g/mol. The van der Waals surface area contributed by atoms with Crippen LogP contribution in [0.25, 0.3) is 11.4 Å². The van der Waals surface area contributed by atoms with Crippen molar-refractivity contribution in [2.24, 2.45) is 0 Å². The van der Waals surface area contributed by atoms with Crippen molar-refractivity contribution in [1.82, 2.24) is 10.1 Å². The fourth-order valence-electron chi connectivity index (χ4n) is 2.18. The quantitative estimate of drug-likeness (QED) is 0.675. The SMILES string of the molecule is CC(C)S(=O)(=O)Cc1cccc(NCc2nc(-c3ccsc3)no2)c1. The zero-order chi connectivity index (χ0) is 17.9. The maximum Gasteiger partial charge on any atom is 0.246 e. The van der Waals surface area contributed by atoms with Gasteiger partial charge in [0.1, 0.15) is 0 Å². The predicted molar refractivity (Wildman–Crippen MR) is 99.1 cm³/mol. The molecule has 0 fully saturated rings. The summed E-state index contributed by atoms with van der Waals surface area (Å²) in [4.78, 5) is 4.34. The van der Waals surface area contributed by atoms with Crippen molar-refractivity contribution < 1.29 is 12.9 Å². The Bertz CT molecular complexity index is 932. The molecular weight excluding hydrogens is 358 g/mol. The van der Waals surface area contributed by atoms with Crippen LogP contribution in [0.15, 0.2) is 45.6 Å². The fourth-order valence-corrected chi connectivity index (χ4v) is 3.80. The Morgan fingerprint density at radius 3 is 2.84 bits per heavy atom. The van der Waals surface area contributed by atoms with Crippen LogP contribution in [0.4, 0.5) is 5.69 Å². The Morgan fingerprint density at radius 2 is 2.12 bits per heavy atom. The third-order valence-corrected chi connectivity index (χ3v) is 6.56. The number of aromatic nitrogens is 2. The number of thiophene rings is 1. The Balaban J connectivity index is 1.65. The summed E-state index contributed by atoms with van der Waals surface area (Å²) in [5, 5.41) is 10.7. The van der Waals surface area contributed by atoms with Crippen LogP contribution in [0.3, 0.4) is 0 Å². The Kier molecular flexibility index (Phi) is 5.19. The van der Waals surface area contributed by atoms with Gasteiger partial charge in [-0.05, 0) is 43.0 Å². The van der Waals surface area contributed by atoms with Crippen LogP contribution >= 0.6 is 11.3 Å². The molecule has 0 aliphatic heterocycles. The summed E-state index contributed by atoms with van der Waals surface area (Å²) in [5.41, 5.74) is 2.50. The summed E-state index contributed by atoms with van der Waals surface area (Å²) in [6.45, 7) is 3.76. The first-order valence-corrected chi connectivity index (χ1v) is 10.5. The number of hydrogen-bond acceptors (Lipinski definition) is 7. The molecule has 0 atom stereocenters. The van der Waals surface area contributed by atoms with E-state index < -0.39 is 15.1 Å². The van der Waals surface area contributed by atoms with Gasteiger partial charge in [-0.25, -0.2) is 8.42 Å². The molecule has 3 aromatic rings. The summed E-state index contributed by atoms with van der Waals surface area (Å²) in [6.07, 6.45) is 0. The Morgan fingerprint density at radius 1 is 1.28 bits per heavy atom. The first-order chi connectivity index (χ1) is 11.9. The third-order valence-electron chi connectivity index (χ3n) is 3.70. The number of rotatable bonds is 7. The second-order valence-corrected chi connectivity index (χ2v) is 9.27. The second-order valence-electron chi connectivity index (χ2n) is 5.93. The molecule has 3 rings (SSSR count). The molecule has 1 N–H and O–H groups in total. The largest absolute Gasteiger partial charge is 0.376 e. The minimum absolute atomic E-state index is 0.0308. The molecule has 0 unspecified atom stereocenters. The lowest BCUT2D eigenvalue weighted by molar-refractivity contribution is 0.384. The number of sulfone groups is 1. The first kappa shape index (κ1) is 17.6. The van der Waals surface area contributed by atoms with Crippen LogP contribution in [0, 0.1) is 0 Å². The van der Waals surface area contributed by atoms with E-state index in [1.165, 1.54) is 0 Å². The van der Waals surface area contributed by atoms with Crippen molar-refractivity contribution in [1.29, 1.82) is 0 Å². The lowest BCUT2D eigenvalue weighted by Gasteiger charge is -2.09. The molecule has 0 spiro atoms. The average molecular weight is 377 g/mol. The molecule has 0 aliphatic carbocycles. The van der Waals surface area contributed by atoms with Gasteiger partial charge in [0.15, 0.2) is 9.84 Å². The van der Waals surface area contributed by atoms with Crippen molar-refractivity contribution in [2.45, 2.75) is 31.4 Å². The summed E-state index contributed by atoms with van der Waals surface area (Å²) in [5.74, 6) is 1.07. The summed E-state index contributed by atoms with van der Waals surface area (Å²) < 4.78 is 29.3. The lowest BCUT2D eigenvalue weighted by atomic mass is 10.2. The topological polar surface area (TPSA) is 85.1 Å². The van der Waals surface area contributed by atoms with Gasteiger partial charge in [-0.1, -0.05) is 17.3 Å². The molecule has 0 bridgehead atoms. The highest BCUT2D eigenvalue weighted by molar-refractivity contribution is 7.91. The molecule has 0 aliphatic rings. The van der Waals surface area contributed by atoms with Crippen molar-refractivity contribution in [3.63, 3.8) is 0 Å². The van der Waals surface area contributed by atoms with E-state index in [0.29, 0.717) is 18.3 Å². The highest BCUT2D eigenvalue weighted by atomic mass is 32.2. The Hall–Kier alpha value is -2.19. The number of hydrogen-bond donors (Lipinski definition) is 1. The molecule has 0 amide bonds. The van der Waals surface area contributed by atoms with Crippen molar-refractivity contribution >= 4 is 26.9 Å². The maximum atomic E-state index is 12.1. The molecule has 0 saturated carbocycles. The van der Waals surface area contributed by atoms with E-state index in [1.807, 2.05) is 41.1 Å². The van der Waals surface area contributed by atoms with Gasteiger partial charge in [0.25, 0.3) is 0 Å².